The smallest absolute Gasteiger partial charge is 0.393 e. The summed E-state index contributed by atoms with van der Waals surface area (Å²) in [6, 6.07) is 7.97. The summed E-state index contributed by atoms with van der Waals surface area (Å²) in [5, 5.41) is 18.7. The number of rotatable bonds is 2. The van der Waals surface area contributed by atoms with E-state index < -0.39 is 29.9 Å². The second kappa shape index (κ2) is 5.24. The van der Waals surface area contributed by atoms with Gasteiger partial charge in [0.15, 0.2) is 0 Å². The van der Waals surface area contributed by atoms with E-state index in [1.807, 2.05) is 0 Å². The van der Waals surface area contributed by atoms with Gasteiger partial charge in [-0.05, 0) is 17.7 Å². The van der Waals surface area contributed by atoms with E-state index in [1.165, 1.54) is 12.1 Å². The largest absolute Gasteiger partial charge is 0.413 e. The van der Waals surface area contributed by atoms with Crippen LogP contribution in [0.1, 0.15) is 11.5 Å². The van der Waals surface area contributed by atoms with Crippen molar-refractivity contribution in [1.29, 1.82) is 0 Å². The summed E-state index contributed by atoms with van der Waals surface area (Å²) in [7, 11) is 0. The van der Waals surface area contributed by atoms with Crippen LogP contribution in [0.4, 0.5) is 13.2 Å². The summed E-state index contributed by atoms with van der Waals surface area (Å²) in [6.07, 6.45) is -2.99. The molecule has 0 aromatic heterocycles. The average molecular weight is 305 g/mol. The van der Waals surface area contributed by atoms with Gasteiger partial charge in [0, 0.05) is 16.5 Å². The predicted octanol–water partition coefficient (Wildman–Crippen LogP) is 3.12. The maximum atomic E-state index is 13.2. The molecule has 2 N–H and O–H groups in total. The maximum absolute atomic E-state index is 13.2. The maximum Gasteiger partial charge on any atom is 0.413 e. The molecule has 108 valence electrons. The van der Waals surface area contributed by atoms with Crippen LogP contribution in [0.3, 0.4) is 0 Å². The van der Waals surface area contributed by atoms with Crippen LogP contribution in [0.5, 0.6) is 0 Å². The monoisotopic (exact) mass is 304 g/mol. The van der Waals surface area contributed by atoms with Crippen LogP contribution in [0.2, 0.25) is 0 Å². The summed E-state index contributed by atoms with van der Waals surface area (Å²) < 4.78 is 39.5. The van der Waals surface area contributed by atoms with Gasteiger partial charge in [0.2, 0.25) is 0 Å². The number of hydrogen-bond donors (Lipinski definition) is 2. The minimum atomic E-state index is -4.65. The Morgan fingerprint density at radius 1 is 1.15 bits per heavy atom. The molecule has 1 aliphatic rings. The van der Waals surface area contributed by atoms with Crippen molar-refractivity contribution in [2.24, 2.45) is 0 Å². The normalized spacial score (nSPS) is 27.0. The van der Waals surface area contributed by atoms with Crippen LogP contribution >= 0.6 is 11.6 Å². The quantitative estimate of drug-likeness (QED) is 0.824. The van der Waals surface area contributed by atoms with E-state index in [2.05, 4.69) is 0 Å². The minimum Gasteiger partial charge on any atom is -0.393 e. The fraction of sp³-hybridized carbons (Fsp3) is 0.286. The molecule has 0 spiro atoms. The topological polar surface area (TPSA) is 40.5 Å². The fourth-order valence-corrected chi connectivity index (χ4v) is 2.62. The van der Waals surface area contributed by atoms with E-state index in [9.17, 15) is 18.3 Å². The molecule has 1 aliphatic carbocycles. The van der Waals surface area contributed by atoms with Crippen molar-refractivity contribution in [2.75, 3.05) is 6.61 Å². The number of halogens is 4. The van der Waals surface area contributed by atoms with Crippen molar-refractivity contribution in [3.8, 4) is 0 Å². The molecule has 2 unspecified atom stereocenters. The first kappa shape index (κ1) is 15.1. The Bertz CT molecular complexity index is 551. The zero-order valence-corrected chi connectivity index (χ0v) is 11.0. The van der Waals surface area contributed by atoms with Gasteiger partial charge >= 0.3 is 6.18 Å². The van der Waals surface area contributed by atoms with Gasteiger partial charge in [-0.2, -0.15) is 13.2 Å². The molecule has 0 bridgehead atoms. The first-order chi connectivity index (χ1) is 9.27. The van der Waals surface area contributed by atoms with Gasteiger partial charge in [-0.1, -0.05) is 41.9 Å². The summed E-state index contributed by atoms with van der Waals surface area (Å²) in [5.74, 6) is -1.19. The minimum absolute atomic E-state index is 0.164. The zero-order valence-electron chi connectivity index (χ0n) is 10.2. The van der Waals surface area contributed by atoms with E-state index >= 15 is 0 Å². The average Bonchev–Trinajstić information content (AvgIpc) is 2.38. The number of hydrogen-bond acceptors (Lipinski definition) is 2. The third kappa shape index (κ3) is 2.90. The summed E-state index contributed by atoms with van der Waals surface area (Å²) in [6.45, 7) is -0.871. The first-order valence-corrected chi connectivity index (χ1v) is 6.21. The Hall–Kier alpha value is -1.30. The highest BCUT2D eigenvalue weighted by atomic mass is 35.5. The molecular formula is C14H12ClF3O2. The molecule has 1 aromatic carbocycles. The van der Waals surface area contributed by atoms with E-state index in [4.69, 9.17) is 16.7 Å². The molecule has 0 amide bonds. The molecule has 0 saturated carbocycles. The van der Waals surface area contributed by atoms with Crippen LogP contribution < -0.4 is 0 Å². The molecule has 0 aliphatic heterocycles. The van der Waals surface area contributed by atoms with E-state index in [0.29, 0.717) is 11.6 Å². The Morgan fingerprint density at radius 3 is 2.25 bits per heavy atom. The molecule has 6 heteroatoms. The van der Waals surface area contributed by atoms with E-state index in [-0.39, 0.29) is 5.03 Å². The van der Waals surface area contributed by atoms with Gasteiger partial charge in [0.1, 0.15) is 5.60 Å². The molecule has 2 nitrogen and oxygen atoms in total. The van der Waals surface area contributed by atoms with E-state index in [1.54, 1.807) is 18.2 Å². The van der Waals surface area contributed by atoms with Gasteiger partial charge in [-0.15, -0.1) is 0 Å². The number of aliphatic hydroxyl groups excluding tert-OH is 1. The lowest BCUT2D eigenvalue weighted by molar-refractivity contribution is -0.0972. The van der Waals surface area contributed by atoms with Gasteiger partial charge in [0.05, 0.1) is 6.61 Å². The summed E-state index contributed by atoms with van der Waals surface area (Å²) in [5.41, 5.74) is -2.70. The first-order valence-electron chi connectivity index (χ1n) is 5.83. The fourth-order valence-electron chi connectivity index (χ4n) is 2.19. The number of alkyl halides is 3. The van der Waals surface area contributed by atoms with Crippen molar-refractivity contribution < 1.29 is 23.4 Å². The van der Waals surface area contributed by atoms with Gasteiger partial charge < -0.3 is 10.2 Å². The Morgan fingerprint density at radius 2 is 1.75 bits per heavy atom. The molecule has 0 saturated heterocycles. The van der Waals surface area contributed by atoms with Gasteiger partial charge in [-0.25, -0.2) is 0 Å². The third-order valence-electron chi connectivity index (χ3n) is 3.09. The van der Waals surface area contributed by atoms with Gasteiger partial charge in [-0.3, -0.25) is 0 Å². The molecule has 0 radical (unpaired) electrons. The van der Waals surface area contributed by atoms with Crippen molar-refractivity contribution in [2.45, 2.75) is 17.7 Å². The third-order valence-corrected chi connectivity index (χ3v) is 3.42. The molecular weight excluding hydrogens is 293 g/mol. The molecule has 2 atom stereocenters. The lowest BCUT2D eigenvalue weighted by atomic mass is 9.81. The summed E-state index contributed by atoms with van der Waals surface area (Å²) >= 11 is 5.93. The van der Waals surface area contributed by atoms with Crippen LogP contribution in [0.15, 0.2) is 53.1 Å². The van der Waals surface area contributed by atoms with Crippen LogP contribution in [0.25, 0.3) is 0 Å². The molecule has 2 rings (SSSR count). The summed E-state index contributed by atoms with van der Waals surface area (Å²) in [4.78, 5) is 0. The molecule has 1 aromatic rings. The number of allylic oxidation sites excluding steroid dienone is 2. The van der Waals surface area contributed by atoms with Crippen LogP contribution in [-0.2, 0) is 0 Å². The van der Waals surface area contributed by atoms with Crippen molar-refractivity contribution in [3.05, 3.63) is 58.7 Å². The Kier molecular flexibility index (Phi) is 3.95. The lowest BCUT2D eigenvalue weighted by Crippen LogP contribution is -2.35. The second-order valence-electron chi connectivity index (χ2n) is 4.62. The lowest BCUT2D eigenvalue weighted by Gasteiger charge is -2.32. The van der Waals surface area contributed by atoms with E-state index in [0.717, 1.165) is 6.08 Å². The standard InChI is InChI=1S/C14H12ClF3O2/c15-11-7-13(20,8-19)6-10(14(16,17)18)12(11)9-4-2-1-3-5-9/h1-7,12,19-20H,8H2. The SMILES string of the molecule is OCC1(O)C=C(Cl)C(c2ccccc2)C(C(F)(F)F)=C1. The number of aliphatic hydroxyl groups is 2. The molecule has 0 heterocycles. The van der Waals surface area contributed by atoms with Crippen molar-refractivity contribution >= 4 is 11.6 Å². The Labute approximate surface area is 118 Å². The molecule has 0 fully saturated rings. The zero-order chi connectivity index (χ0) is 15.0. The second-order valence-corrected chi connectivity index (χ2v) is 5.06. The highest BCUT2D eigenvalue weighted by Gasteiger charge is 2.45. The predicted molar refractivity (Wildman–Crippen MR) is 69.3 cm³/mol. The van der Waals surface area contributed by atoms with Crippen LogP contribution in [-0.4, -0.2) is 28.6 Å². The highest BCUT2D eigenvalue weighted by molar-refractivity contribution is 6.30. The number of benzene rings is 1. The highest BCUT2D eigenvalue weighted by Crippen LogP contribution is 2.46. The van der Waals surface area contributed by atoms with Crippen LogP contribution in [0, 0.1) is 0 Å². The Balaban J connectivity index is 2.56. The van der Waals surface area contributed by atoms with Gasteiger partial charge in [0.25, 0.3) is 0 Å². The van der Waals surface area contributed by atoms with Crippen molar-refractivity contribution in [1.82, 2.24) is 0 Å². The molecule has 20 heavy (non-hydrogen) atoms. The van der Waals surface area contributed by atoms with Crippen molar-refractivity contribution in [3.63, 3.8) is 0 Å².